The van der Waals surface area contributed by atoms with Crippen molar-refractivity contribution in [2.75, 3.05) is 44.3 Å². The summed E-state index contributed by atoms with van der Waals surface area (Å²) in [6.07, 6.45) is 0. The summed E-state index contributed by atoms with van der Waals surface area (Å²) in [5, 5.41) is 0.612. The molecule has 1 heterocycles. The second kappa shape index (κ2) is 9.60. The van der Waals surface area contributed by atoms with Gasteiger partial charge in [-0.2, -0.15) is 0 Å². The number of nitrogens with zero attached hydrogens (tertiary/aromatic N) is 2. The van der Waals surface area contributed by atoms with E-state index < -0.39 is 5.97 Å². The maximum Gasteiger partial charge on any atom is 0.344 e. The zero-order valence-electron chi connectivity index (χ0n) is 16.1. The van der Waals surface area contributed by atoms with Crippen LogP contribution < -0.4 is 9.64 Å². The van der Waals surface area contributed by atoms with Gasteiger partial charge in [0.15, 0.2) is 13.2 Å². The Hall–Kier alpha value is -2.80. The van der Waals surface area contributed by atoms with Crippen molar-refractivity contribution in [1.82, 2.24) is 4.90 Å². The van der Waals surface area contributed by atoms with Crippen molar-refractivity contribution in [3.63, 3.8) is 0 Å². The van der Waals surface area contributed by atoms with Gasteiger partial charge in [-0.25, -0.2) is 9.18 Å². The minimum Gasteiger partial charge on any atom is -0.482 e. The fourth-order valence-corrected chi connectivity index (χ4v) is 3.15. The Balaban J connectivity index is 1.40. The van der Waals surface area contributed by atoms with Gasteiger partial charge in [-0.1, -0.05) is 23.7 Å². The van der Waals surface area contributed by atoms with E-state index in [-0.39, 0.29) is 24.9 Å². The van der Waals surface area contributed by atoms with Crippen LogP contribution >= 0.6 is 11.6 Å². The lowest BCUT2D eigenvalue weighted by Crippen LogP contribution is -2.50. The van der Waals surface area contributed by atoms with Crippen molar-refractivity contribution in [3.8, 4) is 5.75 Å². The number of hydrogen-bond donors (Lipinski definition) is 0. The summed E-state index contributed by atoms with van der Waals surface area (Å²) < 4.78 is 24.2. The van der Waals surface area contributed by atoms with Gasteiger partial charge in [0.1, 0.15) is 11.6 Å². The highest BCUT2D eigenvalue weighted by molar-refractivity contribution is 6.31. The molecule has 0 N–H and O–H groups in total. The van der Waals surface area contributed by atoms with Crippen LogP contribution in [0.15, 0.2) is 42.5 Å². The third-order valence-electron chi connectivity index (χ3n) is 4.67. The first-order valence-corrected chi connectivity index (χ1v) is 9.63. The number of anilines is 1. The maximum atomic E-state index is 13.9. The van der Waals surface area contributed by atoms with Crippen LogP contribution in [-0.2, 0) is 14.3 Å². The van der Waals surface area contributed by atoms with Gasteiger partial charge in [0.25, 0.3) is 5.91 Å². The number of para-hydroxylation sites is 1. The Bertz CT molecular complexity index is 885. The summed E-state index contributed by atoms with van der Waals surface area (Å²) >= 11 is 5.94. The number of carbonyl (C=O) groups excluding carboxylic acids is 2. The lowest BCUT2D eigenvalue weighted by Gasteiger charge is -2.36. The van der Waals surface area contributed by atoms with Gasteiger partial charge in [-0.05, 0) is 42.8 Å². The van der Waals surface area contributed by atoms with Crippen molar-refractivity contribution in [3.05, 3.63) is 58.9 Å². The Kier molecular flexibility index (Phi) is 6.93. The molecule has 0 unspecified atom stereocenters. The maximum absolute atomic E-state index is 13.9. The van der Waals surface area contributed by atoms with Gasteiger partial charge >= 0.3 is 5.97 Å². The number of amides is 1. The molecule has 2 aromatic carbocycles. The number of rotatable bonds is 6. The standard InChI is InChI=1S/C21H22ClFN2O4/c1-15-12-16(6-7-17(15)22)28-14-21(27)29-13-20(26)25-10-8-24(9-11-25)19-5-3-2-4-18(19)23/h2-7,12H,8-11,13-14H2,1H3. The van der Waals surface area contributed by atoms with Crippen LogP contribution in [0.3, 0.4) is 0 Å². The predicted molar refractivity (Wildman–Crippen MR) is 108 cm³/mol. The Morgan fingerprint density at radius 3 is 2.48 bits per heavy atom. The Morgan fingerprint density at radius 2 is 1.79 bits per heavy atom. The van der Waals surface area contributed by atoms with Crippen LogP contribution in [0.4, 0.5) is 10.1 Å². The summed E-state index contributed by atoms with van der Waals surface area (Å²) in [6, 6.07) is 11.6. The van der Waals surface area contributed by atoms with Crippen molar-refractivity contribution in [2.45, 2.75) is 6.92 Å². The predicted octanol–water partition coefficient (Wildman–Crippen LogP) is 3.06. The lowest BCUT2D eigenvalue weighted by atomic mass is 10.2. The number of piperazine rings is 1. The monoisotopic (exact) mass is 420 g/mol. The fourth-order valence-electron chi connectivity index (χ4n) is 3.03. The molecular weight excluding hydrogens is 399 g/mol. The molecule has 1 aliphatic heterocycles. The number of benzene rings is 2. The zero-order chi connectivity index (χ0) is 20.8. The van der Waals surface area contributed by atoms with Crippen molar-refractivity contribution < 1.29 is 23.5 Å². The minimum absolute atomic E-state index is 0.280. The molecule has 1 aliphatic rings. The number of hydrogen-bond acceptors (Lipinski definition) is 5. The summed E-state index contributed by atoms with van der Waals surface area (Å²) in [5.41, 5.74) is 1.36. The van der Waals surface area contributed by atoms with Gasteiger partial charge in [-0.3, -0.25) is 4.79 Å². The molecule has 0 aliphatic carbocycles. The van der Waals surface area contributed by atoms with E-state index in [0.29, 0.717) is 42.6 Å². The molecule has 0 atom stereocenters. The minimum atomic E-state index is -0.629. The third-order valence-corrected chi connectivity index (χ3v) is 5.09. The van der Waals surface area contributed by atoms with Crippen molar-refractivity contribution in [1.29, 1.82) is 0 Å². The van der Waals surface area contributed by atoms with Gasteiger partial charge in [0.05, 0.1) is 5.69 Å². The molecule has 0 aromatic heterocycles. The van der Waals surface area contributed by atoms with E-state index >= 15 is 0 Å². The average molecular weight is 421 g/mol. The summed E-state index contributed by atoms with van der Waals surface area (Å²) in [5.74, 6) is -0.693. The molecule has 0 spiro atoms. The van der Waals surface area contributed by atoms with Gasteiger partial charge < -0.3 is 19.3 Å². The molecule has 6 nitrogen and oxygen atoms in total. The summed E-state index contributed by atoms with van der Waals surface area (Å²) in [7, 11) is 0. The molecule has 0 bridgehead atoms. The Morgan fingerprint density at radius 1 is 1.07 bits per heavy atom. The molecule has 8 heteroatoms. The average Bonchev–Trinajstić information content (AvgIpc) is 2.73. The quantitative estimate of drug-likeness (QED) is 0.672. The topological polar surface area (TPSA) is 59.1 Å². The second-order valence-corrected chi connectivity index (χ2v) is 7.09. The van der Waals surface area contributed by atoms with E-state index in [1.165, 1.54) is 6.07 Å². The van der Waals surface area contributed by atoms with Crippen LogP contribution in [0.1, 0.15) is 5.56 Å². The van der Waals surface area contributed by atoms with Crippen LogP contribution in [0.25, 0.3) is 0 Å². The van der Waals surface area contributed by atoms with Crippen LogP contribution in [0.5, 0.6) is 5.75 Å². The summed E-state index contributed by atoms with van der Waals surface area (Å²) in [6.45, 7) is 3.09. The van der Waals surface area contributed by atoms with Crippen molar-refractivity contribution >= 4 is 29.2 Å². The van der Waals surface area contributed by atoms with E-state index in [4.69, 9.17) is 21.1 Å². The number of carbonyl (C=O) groups is 2. The zero-order valence-corrected chi connectivity index (χ0v) is 16.8. The largest absolute Gasteiger partial charge is 0.482 e. The third kappa shape index (κ3) is 5.60. The Labute approximate surface area is 173 Å². The van der Waals surface area contributed by atoms with Crippen LogP contribution in [0, 0.1) is 12.7 Å². The highest BCUT2D eigenvalue weighted by atomic mass is 35.5. The van der Waals surface area contributed by atoms with E-state index in [9.17, 15) is 14.0 Å². The second-order valence-electron chi connectivity index (χ2n) is 6.68. The first kappa shape index (κ1) is 20.9. The molecule has 0 saturated carbocycles. The molecule has 0 radical (unpaired) electrons. The molecule has 3 rings (SSSR count). The normalized spacial score (nSPS) is 13.9. The van der Waals surface area contributed by atoms with E-state index in [2.05, 4.69) is 0 Å². The molecule has 154 valence electrons. The number of esters is 1. The smallest absolute Gasteiger partial charge is 0.344 e. The van der Waals surface area contributed by atoms with Crippen LogP contribution in [-0.4, -0.2) is 56.2 Å². The van der Waals surface area contributed by atoms with Gasteiger partial charge in [0, 0.05) is 31.2 Å². The van der Waals surface area contributed by atoms with E-state index in [1.54, 1.807) is 41.3 Å². The fraction of sp³-hybridized carbons (Fsp3) is 0.333. The highest BCUT2D eigenvalue weighted by Crippen LogP contribution is 2.21. The molecule has 1 amide bonds. The molecule has 29 heavy (non-hydrogen) atoms. The van der Waals surface area contributed by atoms with Gasteiger partial charge in [-0.15, -0.1) is 0 Å². The summed E-state index contributed by atoms with van der Waals surface area (Å²) in [4.78, 5) is 27.6. The van der Waals surface area contributed by atoms with Crippen molar-refractivity contribution in [2.24, 2.45) is 0 Å². The SMILES string of the molecule is Cc1cc(OCC(=O)OCC(=O)N2CCN(c3ccccc3F)CC2)ccc1Cl. The highest BCUT2D eigenvalue weighted by Gasteiger charge is 2.23. The number of ether oxygens (including phenoxy) is 2. The molecular formula is C21H22ClFN2O4. The number of halogens is 2. The van der Waals surface area contributed by atoms with Gasteiger partial charge in [0.2, 0.25) is 0 Å². The molecule has 1 fully saturated rings. The first-order valence-electron chi connectivity index (χ1n) is 9.26. The number of aryl methyl sites for hydroxylation is 1. The van der Waals surface area contributed by atoms with E-state index in [1.807, 2.05) is 11.8 Å². The van der Waals surface area contributed by atoms with E-state index in [0.717, 1.165) is 5.56 Å². The lowest BCUT2D eigenvalue weighted by molar-refractivity contribution is -0.153. The molecule has 2 aromatic rings. The van der Waals surface area contributed by atoms with Crippen LogP contribution in [0.2, 0.25) is 5.02 Å². The first-order chi connectivity index (χ1) is 13.9. The molecule has 1 saturated heterocycles.